The Morgan fingerprint density at radius 3 is 2.30 bits per heavy atom. The molecule has 0 aliphatic carbocycles. The molecule has 110 valence electrons. The van der Waals surface area contributed by atoms with Crippen LogP contribution in [0, 0.1) is 11.8 Å². The van der Waals surface area contributed by atoms with Crippen LogP contribution in [0.3, 0.4) is 0 Å². The minimum Gasteiger partial charge on any atom is -0.492 e. The van der Waals surface area contributed by atoms with Crippen molar-refractivity contribution in [3.8, 4) is 5.75 Å². The number of aliphatic carboxylic acids is 1. The lowest BCUT2D eigenvalue weighted by molar-refractivity contribution is -0.142. The molecule has 6 heteroatoms. The van der Waals surface area contributed by atoms with Gasteiger partial charge in [-0.1, -0.05) is 37.0 Å². The van der Waals surface area contributed by atoms with Crippen LogP contribution in [0.4, 0.5) is 0 Å². The summed E-state index contributed by atoms with van der Waals surface area (Å²) in [4.78, 5) is 23.2. The molecule has 0 heterocycles. The molecular formula is C14H16Cl2O4. The van der Waals surface area contributed by atoms with Crippen LogP contribution >= 0.6 is 23.2 Å². The van der Waals surface area contributed by atoms with Gasteiger partial charge in [0.2, 0.25) is 0 Å². The van der Waals surface area contributed by atoms with Gasteiger partial charge in [-0.3, -0.25) is 9.59 Å². The van der Waals surface area contributed by atoms with Crippen LogP contribution in [0.5, 0.6) is 5.75 Å². The predicted molar refractivity (Wildman–Crippen MR) is 77.9 cm³/mol. The lowest BCUT2D eigenvalue weighted by atomic mass is 9.88. The Morgan fingerprint density at radius 2 is 1.80 bits per heavy atom. The summed E-state index contributed by atoms with van der Waals surface area (Å²) in [5.74, 6) is -2.48. The summed E-state index contributed by atoms with van der Waals surface area (Å²) in [6.45, 7) is 5.27. The van der Waals surface area contributed by atoms with E-state index in [1.807, 2.05) is 0 Å². The summed E-state index contributed by atoms with van der Waals surface area (Å²) in [7, 11) is 0. The number of ketones is 1. The van der Waals surface area contributed by atoms with E-state index in [1.54, 1.807) is 13.8 Å². The Labute approximate surface area is 127 Å². The summed E-state index contributed by atoms with van der Waals surface area (Å²) in [5.41, 5.74) is 0.209. The van der Waals surface area contributed by atoms with Crippen LogP contribution in [0.1, 0.15) is 31.1 Å². The molecule has 1 aromatic rings. The third-order valence-electron chi connectivity index (χ3n) is 3.14. The van der Waals surface area contributed by atoms with Crippen molar-refractivity contribution < 1.29 is 19.4 Å². The molecule has 0 fully saturated rings. The van der Waals surface area contributed by atoms with Gasteiger partial charge in [0.1, 0.15) is 5.75 Å². The fourth-order valence-electron chi connectivity index (χ4n) is 1.67. The Bertz CT molecular complexity index is 528. The summed E-state index contributed by atoms with van der Waals surface area (Å²) >= 11 is 12.1. The topological polar surface area (TPSA) is 63.6 Å². The van der Waals surface area contributed by atoms with E-state index in [1.165, 1.54) is 19.1 Å². The van der Waals surface area contributed by atoms with Crippen LogP contribution < -0.4 is 4.74 Å². The number of hydrogen-bond donors (Lipinski definition) is 1. The molecule has 20 heavy (non-hydrogen) atoms. The van der Waals surface area contributed by atoms with Gasteiger partial charge in [-0.2, -0.15) is 0 Å². The van der Waals surface area contributed by atoms with Gasteiger partial charge >= 0.3 is 5.97 Å². The second kappa shape index (κ2) is 6.95. The predicted octanol–water partition coefficient (Wildman–Crippen LogP) is 3.93. The Balaban J connectivity index is 3.11. The summed E-state index contributed by atoms with van der Waals surface area (Å²) in [6.07, 6.45) is 0. The van der Waals surface area contributed by atoms with Crippen LogP contribution in [0.15, 0.2) is 12.1 Å². The second-order valence-corrected chi connectivity index (χ2v) is 5.29. The number of hydrogen-bond acceptors (Lipinski definition) is 3. The van der Waals surface area contributed by atoms with Gasteiger partial charge < -0.3 is 9.84 Å². The molecule has 1 aromatic carbocycles. The first kappa shape index (κ1) is 16.8. The minimum absolute atomic E-state index is 0.201. The van der Waals surface area contributed by atoms with E-state index in [9.17, 15) is 9.59 Å². The number of carboxylic acid groups (broad SMARTS) is 1. The van der Waals surface area contributed by atoms with Crippen molar-refractivity contribution in [1.82, 2.24) is 0 Å². The molecule has 1 N–H and O–H groups in total. The van der Waals surface area contributed by atoms with E-state index in [0.29, 0.717) is 12.4 Å². The first-order valence-corrected chi connectivity index (χ1v) is 6.94. The van der Waals surface area contributed by atoms with Crippen LogP contribution in [0.25, 0.3) is 0 Å². The first-order chi connectivity index (χ1) is 9.29. The Kier molecular flexibility index (Phi) is 5.84. The fraction of sp³-hybridized carbons (Fsp3) is 0.429. The zero-order valence-electron chi connectivity index (χ0n) is 11.4. The van der Waals surface area contributed by atoms with Gasteiger partial charge in [0.15, 0.2) is 5.78 Å². The zero-order valence-corrected chi connectivity index (χ0v) is 13.0. The van der Waals surface area contributed by atoms with Crippen LogP contribution in [0.2, 0.25) is 10.0 Å². The molecule has 0 aromatic heterocycles. The minimum atomic E-state index is -1.03. The van der Waals surface area contributed by atoms with Crippen molar-refractivity contribution in [3.63, 3.8) is 0 Å². The van der Waals surface area contributed by atoms with E-state index in [2.05, 4.69) is 0 Å². The second-order valence-electron chi connectivity index (χ2n) is 4.48. The average Bonchev–Trinajstić information content (AvgIpc) is 2.40. The summed E-state index contributed by atoms with van der Waals surface area (Å²) < 4.78 is 5.28. The monoisotopic (exact) mass is 318 g/mol. The molecule has 2 atom stereocenters. The number of carbonyl (C=O) groups excluding carboxylic acids is 1. The lowest BCUT2D eigenvalue weighted by Crippen LogP contribution is -2.25. The molecule has 0 spiro atoms. The molecule has 4 nitrogen and oxygen atoms in total. The maximum Gasteiger partial charge on any atom is 0.306 e. The van der Waals surface area contributed by atoms with Crippen molar-refractivity contribution in [1.29, 1.82) is 0 Å². The lowest BCUT2D eigenvalue weighted by Gasteiger charge is -2.16. The van der Waals surface area contributed by atoms with Crippen LogP contribution in [-0.4, -0.2) is 23.5 Å². The molecule has 0 saturated carbocycles. The number of rotatable bonds is 6. The van der Waals surface area contributed by atoms with Gasteiger partial charge in [-0.05, 0) is 13.0 Å². The largest absolute Gasteiger partial charge is 0.492 e. The molecule has 0 saturated heterocycles. The zero-order chi connectivity index (χ0) is 15.4. The average molecular weight is 319 g/mol. The van der Waals surface area contributed by atoms with Gasteiger partial charge in [-0.15, -0.1) is 0 Å². The third-order valence-corrected chi connectivity index (χ3v) is 3.75. The molecule has 0 aliphatic rings. The SMILES string of the molecule is CCOc1cc(Cl)c(C(=O)C(C)C(C)C(=O)O)cc1Cl. The Hall–Kier alpha value is -1.26. The standard InChI is InChI=1S/C14H16Cl2O4/c1-4-20-12-6-10(15)9(5-11(12)16)13(17)7(2)8(3)14(18)19/h5-8H,4H2,1-3H3,(H,18,19). The molecule has 0 bridgehead atoms. The molecule has 0 radical (unpaired) electrons. The van der Waals surface area contributed by atoms with E-state index >= 15 is 0 Å². The number of benzene rings is 1. The van der Waals surface area contributed by atoms with E-state index in [0.717, 1.165) is 0 Å². The number of halogens is 2. The van der Waals surface area contributed by atoms with Crippen molar-refractivity contribution in [2.45, 2.75) is 20.8 Å². The maximum absolute atomic E-state index is 12.3. The smallest absolute Gasteiger partial charge is 0.306 e. The number of Topliss-reactive ketones (excluding diaryl/α,β-unsaturated/α-hetero) is 1. The third kappa shape index (κ3) is 3.64. The van der Waals surface area contributed by atoms with E-state index in [4.69, 9.17) is 33.0 Å². The quantitative estimate of drug-likeness (QED) is 0.807. The summed E-state index contributed by atoms with van der Waals surface area (Å²) in [5, 5.41) is 9.43. The molecular weight excluding hydrogens is 303 g/mol. The molecule has 0 aliphatic heterocycles. The van der Waals surface area contributed by atoms with E-state index in [-0.39, 0.29) is 21.4 Å². The van der Waals surface area contributed by atoms with Gasteiger partial charge in [-0.25, -0.2) is 0 Å². The van der Waals surface area contributed by atoms with Gasteiger partial charge in [0.25, 0.3) is 0 Å². The normalized spacial score (nSPS) is 13.7. The molecule has 0 amide bonds. The maximum atomic E-state index is 12.3. The Morgan fingerprint density at radius 1 is 1.20 bits per heavy atom. The van der Waals surface area contributed by atoms with Gasteiger partial charge in [0, 0.05) is 17.5 Å². The highest BCUT2D eigenvalue weighted by Crippen LogP contribution is 2.33. The van der Waals surface area contributed by atoms with Gasteiger partial charge in [0.05, 0.1) is 22.6 Å². The number of carboxylic acids is 1. The van der Waals surface area contributed by atoms with Crippen molar-refractivity contribution >= 4 is 35.0 Å². The number of ether oxygens (including phenoxy) is 1. The van der Waals surface area contributed by atoms with Crippen molar-refractivity contribution in [2.75, 3.05) is 6.61 Å². The molecule has 2 unspecified atom stereocenters. The fourth-order valence-corrected chi connectivity index (χ4v) is 2.13. The molecule has 1 rings (SSSR count). The van der Waals surface area contributed by atoms with Crippen molar-refractivity contribution in [3.05, 3.63) is 27.7 Å². The highest BCUT2D eigenvalue weighted by atomic mass is 35.5. The first-order valence-electron chi connectivity index (χ1n) is 6.18. The summed E-state index contributed by atoms with van der Waals surface area (Å²) in [6, 6.07) is 2.89. The number of carbonyl (C=O) groups is 2. The van der Waals surface area contributed by atoms with E-state index < -0.39 is 17.8 Å². The van der Waals surface area contributed by atoms with Crippen molar-refractivity contribution in [2.24, 2.45) is 11.8 Å². The highest BCUT2D eigenvalue weighted by Gasteiger charge is 2.28. The van der Waals surface area contributed by atoms with Crippen LogP contribution in [-0.2, 0) is 4.79 Å². The highest BCUT2D eigenvalue weighted by molar-refractivity contribution is 6.37.